The van der Waals surface area contributed by atoms with E-state index in [1.165, 1.54) is 4.90 Å². The summed E-state index contributed by atoms with van der Waals surface area (Å²) in [6.07, 6.45) is 2.49. The molecule has 0 saturated heterocycles. The number of sulfonamides is 1. The lowest BCUT2D eigenvalue weighted by Gasteiger charge is -2.32. The van der Waals surface area contributed by atoms with E-state index in [1.54, 1.807) is 19.1 Å². The minimum absolute atomic E-state index is 0.203. The summed E-state index contributed by atoms with van der Waals surface area (Å²) in [5.41, 5.74) is 3.22. The summed E-state index contributed by atoms with van der Waals surface area (Å²) in [6.45, 7) is 7.85. The zero-order chi connectivity index (χ0) is 24.6. The van der Waals surface area contributed by atoms with Crippen LogP contribution >= 0.6 is 0 Å². The van der Waals surface area contributed by atoms with Crippen LogP contribution in [0.3, 0.4) is 0 Å². The van der Waals surface area contributed by atoms with Gasteiger partial charge in [0.2, 0.25) is 21.8 Å². The third kappa shape index (κ3) is 7.32. The number of amides is 2. The van der Waals surface area contributed by atoms with Gasteiger partial charge in [0.1, 0.15) is 12.6 Å². The molecule has 33 heavy (non-hydrogen) atoms. The molecule has 0 bridgehead atoms. The maximum absolute atomic E-state index is 13.5. The van der Waals surface area contributed by atoms with Crippen molar-refractivity contribution in [2.45, 2.75) is 53.1 Å². The van der Waals surface area contributed by atoms with E-state index < -0.39 is 22.0 Å². The molecule has 0 heterocycles. The molecular formula is C25H35N3O4S. The number of rotatable bonds is 11. The van der Waals surface area contributed by atoms with Crippen molar-refractivity contribution >= 4 is 27.5 Å². The second kappa shape index (κ2) is 11.8. The number of para-hydroxylation sites is 1. The van der Waals surface area contributed by atoms with Crippen LogP contribution in [0.15, 0.2) is 48.5 Å². The molecule has 8 heteroatoms. The van der Waals surface area contributed by atoms with Gasteiger partial charge in [-0.2, -0.15) is 0 Å². The number of hydrogen-bond acceptors (Lipinski definition) is 4. The van der Waals surface area contributed by atoms with Crippen LogP contribution in [0.2, 0.25) is 0 Å². The summed E-state index contributed by atoms with van der Waals surface area (Å²) in [5, 5.41) is 2.83. The Morgan fingerprint density at radius 3 is 2.36 bits per heavy atom. The monoisotopic (exact) mass is 473 g/mol. The minimum Gasteiger partial charge on any atom is -0.354 e. The van der Waals surface area contributed by atoms with Crippen LogP contribution in [-0.2, 0) is 32.6 Å². The largest absolute Gasteiger partial charge is 0.354 e. The fourth-order valence-corrected chi connectivity index (χ4v) is 4.51. The minimum atomic E-state index is -3.73. The number of aryl methyl sites for hydroxylation is 2. The molecule has 2 aromatic carbocycles. The number of nitrogens with zero attached hydrogens (tertiary/aromatic N) is 2. The van der Waals surface area contributed by atoms with Gasteiger partial charge in [-0.15, -0.1) is 0 Å². The number of carbonyl (C=O) groups is 2. The molecule has 0 unspecified atom stereocenters. The van der Waals surface area contributed by atoms with Crippen molar-refractivity contribution in [3.05, 3.63) is 65.2 Å². The van der Waals surface area contributed by atoms with Gasteiger partial charge in [0.05, 0.1) is 11.9 Å². The molecule has 0 spiro atoms. The van der Waals surface area contributed by atoms with Crippen molar-refractivity contribution in [1.82, 2.24) is 10.2 Å². The fourth-order valence-electron chi connectivity index (χ4n) is 3.63. The lowest BCUT2D eigenvalue weighted by Crippen LogP contribution is -2.51. The van der Waals surface area contributed by atoms with E-state index in [2.05, 4.69) is 5.32 Å². The zero-order valence-corrected chi connectivity index (χ0v) is 21.0. The molecule has 7 nitrogen and oxygen atoms in total. The van der Waals surface area contributed by atoms with Crippen molar-refractivity contribution in [3.63, 3.8) is 0 Å². The molecule has 1 N–H and O–H groups in total. The van der Waals surface area contributed by atoms with Gasteiger partial charge < -0.3 is 10.2 Å². The van der Waals surface area contributed by atoms with Gasteiger partial charge in [0.15, 0.2) is 0 Å². The van der Waals surface area contributed by atoms with Gasteiger partial charge in [-0.05, 0) is 43.9 Å². The maximum Gasteiger partial charge on any atom is 0.244 e. The molecule has 2 amide bonds. The molecule has 0 aromatic heterocycles. The molecule has 0 aliphatic rings. The molecule has 0 radical (unpaired) electrons. The van der Waals surface area contributed by atoms with E-state index in [4.69, 9.17) is 0 Å². The Hall–Kier alpha value is -2.87. The van der Waals surface area contributed by atoms with E-state index in [9.17, 15) is 18.0 Å². The van der Waals surface area contributed by atoms with Crippen LogP contribution in [-0.4, -0.2) is 50.5 Å². The van der Waals surface area contributed by atoms with Crippen molar-refractivity contribution in [2.24, 2.45) is 0 Å². The lowest BCUT2D eigenvalue weighted by atomic mass is 10.1. The highest BCUT2D eigenvalue weighted by atomic mass is 32.2. The van der Waals surface area contributed by atoms with Crippen LogP contribution in [0.25, 0.3) is 0 Å². The average Bonchev–Trinajstić information content (AvgIpc) is 2.78. The van der Waals surface area contributed by atoms with Crippen LogP contribution in [0.4, 0.5) is 5.69 Å². The highest BCUT2D eigenvalue weighted by Crippen LogP contribution is 2.24. The van der Waals surface area contributed by atoms with Gasteiger partial charge in [0.25, 0.3) is 0 Å². The first-order chi connectivity index (χ1) is 15.6. The lowest BCUT2D eigenvalue weighted by molar-refractivity contribution is -0.139. The van der Waals surface area contributed by atoms with Crippen LogP contribution in [0, 0.1) is 6.92 Å². The standard InChI is InChI=1S/C25H35N3O4S/c1-6-15-26-25(30)20(4)27(17-21-12-10-11-19(3)16-21)24(29)18-28(33(5,31)32)23-14-9-8-13-22(23)7-2/h8-14,16,20H,6-7,15,17-18H2,1-5H3,(H,26,30)/t20-/m1/s1. The third-order valence-electron chi connectivity index (χ3n) is 5.47. The van der Waals surface area contributed by atoms with Gasteiger partial charge in [-0.3, -0.25) is 13.9 Å². The molecule has 2 rings (SSSR count). The Labute approximate surface area is 197 Å². The highest BCUT2D eigenvalue weighted by molar-refractivity contribution is 7.92. The number of anilines is 1. The van der Waals surface area contributed by atoms with Gasteiger partial charge in [-0.1, -0.05) is 61.9 Å². The highest BCUT2D eigenvalue weighted by Gasteiger charge is 2.30. The van der Waals surface area contributed by atoms with Crippen molar-refractivity contribution in [2.75, 3.05) is 23.7 Å². The zero-order valence-electron chi connectivity index (χ0n) is 20.2. The first-order valence-electron chi connectivity index (χ1n) is 11.3. The summed E-state index contributed by atoms with van der Waals surface area (Å²) >= 11 is 0. The second-order valence-electron chi connectivity index (χ2n) is 8.23. The quantitative estimate of drug-likeness (QED) is 0.543. The fraction of sp³-hybridized carbons (Fsp3) is 0.440. The summed E-state index contributed by atoms with van der Waals surface area (Å²) in [7, 11) is -3.73. The van der Waals surface area contributed by atoms with Crippen molar-refractivity contribution in [1.29, 1.82) is 0 Å². The first kappa shape index (κ1) is 26.4. The number of nitrogens with one attached hydrogen (secondary N) is 1. The van der Waals surface area contributed by atoms with Gasteiger partial charge in [0, 0.05) is 13.1 Å². The molecule has 2 aromatic rings. The van der Waals surface area contributed by atoms with E-state index in [0.717, 1.165) is 33.7 Å². The Balaban J connectivity index is 2.41. The molecule has 1 atom stereocenters. The average molecular weight is 474 g/mol. The van der Waals surface area contributed by atoms with Gasteiger partial charge >= 0.3 is 0 Å². The van der Waals surface area contributed by atoms with Crippen molar-refractivity contribution < 1.29 is 18.0 Å². The second-order valence-corrected chi connectivity index (χ2v) is 10.1. The SMILES string of the molecule is CCCNC(=O)[C@@H](C)N(Cc1cccc(C)c1)C(=O)CN(c1ccccc1CC)S(C)(=O)=O. The smallest absolute Gasteiger partial charge is 0.244 e. The predicted molar refractivity (Wildman–Crippen MR) is 133 cm³/mol. The van der Waals surface area contributed by atoms with Crippen LogP contribution < -0.4 is 9.62 Å². The van der Waals surface area contributed by atoms with E-state index in [1.807, 2.05) is 57.2 Å². The number of hydrogen-bond donors (Lipinski definition) is 1. The topological polar surface area (TPSA) is 86.8 Å². The molecule has 0 saturated carbocycles. The molecule has 0 aliphatic carbocycles. The van der Waals surface area contributed by atoms with E-state index in [0.29, 0.717) is 18.7 Å². The summed E-state index contributed by atoms with van der Waals surface area (Å²) in [6, 6.07) is 14.1. The van der Waals surface area contributed by atoms with E-state index in [-0.39, 0.29) is 19.0 Å². The molecule has 0 fully saturated rings. The summed E-state index contributed by atoms with van der Waals surface area (Å²) < 4.78 is 26.5. The molecule has 0 aliphatic heterocycles. The summed E-state index contributed by atoms with van der Waals surface area (Å²) in [4.78, 5) is 27.7. The predicted octanol–water partition coefficient (Wildman–Crippen LogP) is 3.27. The molecule has 180 valence electrons. The Bertz CT molecular complexity index is 1070. The normalized spacial score (nSPS) is 12.2. The van der Waals surface area contributed by atoms with Crippen LogP contribution in [0.5, 0.6) is 0 Å². The van der Waals surface area contributed by atoms with Gasteiger partial charge in [-0.25, -0.2) is 8.42 Å². The number of carbonyl (C=O) groups excluding carboxylic acids is 2. The number of benzene rings is 2. The Morgan fingerprint density at radius 2 is 1.76 bits per heavy atom. The molecular weight excluding hydrogens is 438 g/mol. The summed E-state index contributed by atoms with van der Waals surface area (Å²) in [5.74, 6) is -0.704. The Kier molecular flexibility index (Phi) is 9.46. The maximum atomic E-state index is 13.5. The Morgan fingerprint density at radius 1 is 1.06 bits per heavy atom. The third-order valence-corrected chi connectivity index (χ3v) is 6.60. The van der Waals surface area contributed by atoms with E-state index >= 15 is 0 Å². The first-order valence-corrected chi connectivity index (χ1v) is 13.1. The van der Waals surface area contributed by atoms with Crippen molar-refractivity contribution in [3.8, 4) is 0 Å². The van der Waals surface area contributed by atoms with Crippen LogP contribution in [0.1, 0.15) is 43.9 Å².